The third kappa shape index (κ3) is 4.64. The Balaban J connectivity index is 1.52. The van der Waals surface area contributed by atoms with Gasteiger partial charge in [-0.15, -0.1) is 0 Å². The Morgan fingerprint density at radius 3 is 3.00 bits per heavy atom. The van der Waals surface area contributed by atoms with Crippen LogP contribution in [0.3, 0.4) is 0 Å². The number of ether oxygens (including phenoxy) is 2. The van der Waals surface area contributed by atoms with E-state index in [-0.39, 0.29) is 24.6 Å². The van der Waals surface area contributed by atoms with Crippen molar-refractivity contribution in [2.24, 2.45) is 0 Å². The van der Waals surface area contributed by atoms with E-state index >= 15 is 0 Å². The largest absolute Gasteiger partial charge is 0.379 e. The van der Waals surface area contributed by atoms with Crippen molar-refractivity contribution in [3.8, 4) is 0 Å². The fourth-order valence-electron chi connectivity index (χ4n) is 2.61. The second kappa shape index (κ2) is 7.89. The molecule has 1 N–H and O–H groups in total. The van der Waals surface area contributed by atoms with Gasteiger partial charge in [-0.1, -0.05) is 30.3 Å². The topological polar surface area (TPSA) is 65.4 Å². The Morgan fingerprint density at radius 1 is 1.35 bits per heavy atom. The molecule has 1 fully saturated rings. The molecule has 1 amide bonds. The van der Waals surface area contributed by atoms with Gasteiger partial charge in [0.1, 0.15) is 12.6 Å². The van der Waals surface area contributed by atoms with Crippen molar-refractivity contribution in [2.45, 2.75) is 31.7 Å². The lowest BCUT2D eigenvalue weighted by molar-refractivity contribution is -0.127. The zero-order valence-electron chi connectivity index (χ0n) is 12.9. The maximum Gasteiger partial charge on any atom is 0.242 e. The summed E-state index contributed by atoms with van der Waals surface area (Å²) in [6.07, 6.45) is 4.05. The number of carbonyl (C=O) groups excluding carboxylic acids is 1. The molecule has 0 saturated carbocycles. The van der Waals surface area contributed by atoms with Crippen LogP contribution in [0.25, 0.3) is 0 Å². The summed E-state index contributed by atoms with van der Waals surface area (Å²) in [6.45, 7) is 1.87. The maximum atomic E-state index is 12.1. The summed E-state index contributed by atoms with van der Waals surface area (Å²) in [5.74, 6) is -0.0612. The van der Waals surface area contributed by atoms with Crippen LogP contribution in [0.15, 0.2) is 48.8 Å². The minimum absolute atomic E-state index is 0.0319. The highest BCUT2D eigenvalue weighted by molar-refractivity contribution is 5.76. The van der Waals surface area contributed by atoms with E-state index in [0.29, 0.717) is 19.8 Å². The minimum Gasteiger partial charge on any atom is -0.379 e. The Labute approximate surface area is 135 Å². The van der Waals surface area contributed by atoms with E-state index in [1.54, 1.807) is 23.1 Å². The van der Waals surface area contributed by atoms with Gasteiger partial charge in [-0.2, -0.15) is 5.10 Å². The van der Waals surface area contributed by atoms with E-state index in [4.69, 9.17) is 9.47 Å². The van der Waals surface area contributed by atoms with Crippen LogP contribution in [0.1, 0.15) is 12.0 Å². The van der Waals surface area contributed by atoms with Crippen LogP contribution in [-0.4, -0.2) is 41.0 Å². The van der Waals surface area contributed by atoms with Crippen LogP contribution in [0.2, 0.25) is 0 Å². The van der Waals surface area contributed by atoms with Gasteiger partial charge in [-0.05, 0) is 18.1 Å². The first-order valence-electron chi connectivity index (χ1n) is 7.81. The molecule has 2 atom stereocenters. The summed E-state index contributed by atoms with van der Waals surface area (Å²) in [5, 5.41) is 7.08. The van der Waals surface area contributed by atoms with Gasteiger partial charge in [0.2, 0.25) is 5.91 Å². The number of amides is 1. The molecule has 1 aromatic carbocycles. The zero-order chi connectivity index (χ0) is 15.9. The molecular formula is C17H21N3O3. The molecule has 0 radical (unpaired) electrons. The van der Waals surface area contributed by atoms with Gasteiger partial charge >= 0.3 is 0 Å². The number of hydrogen-bond donors (Lipinski definition) is 1. The number of nitrogens with one attached hydrogen (secondary N) is 1. The number of aromatic nitrogens is 2. The second-order valence-electron chi connectivity index (χ2n) is 5.58. The molecule has 0 spiro atoms. The van der Waals surface area contributed by atoms with E-state index in [9.17, 15) is 4.79 Å². The predicted molar refractivity (Wildman–Crippen MR) is 84.6 cm³/mol. The second-order valence-corrected chi connectivity index (χ2v) is 5.58. The standard InChI is InChI=1S/C17H21N3O3/c21-17(11-20-9-4-8-18-20)19-15-7-10-22-13-16(15)23-12-14-5-2-1-3-6-14/h1-6,8-9,15-16H,7,10-13H2,(H,19,21). The summed E-state index contributed by atoms with van der Waals surface area (Å²) in [4.78, 5) is 12.1. The van der Waals surface area contributed by atoms with E-state index in [1.807, 2.05) is 30.3 Å². The van der Waals surface area contributed by atoms with Gasteiger partial charge in [0.15, 0.2) is 0 Å². The summed E-state index contributed by atoms with van der Waals surface area (Å²) < 4.78 is 13.1. The SMILES string of the molecule is O=C(Cn1cccn1)NC1CCOCC1OCc1ccccc1. The van der Waals surface area contributed by atoms with Crippen LogP contribution in [0.4, 0.5) is 0 Å². The lowest BCUT2D eigenvalue weighted by Gasteiger charge is -2.32. The highest BCUT2D eigenvalue weighted by atomic mass is 16.5. The molecule has 1 aliphatic rings. The monoisotopic (exact) mass is 315 g/mol. The van der Waals surface area contributed by atoms with Crippen molar-refractivity contribution < 1.29 is 14.3 Å². The normalized spacial score (nSPS) is 21.0. The fraction of sp³-hybridized carbons (Fsp3) is 0.412. The van der Waals surface area contributed by atoms with E-state index in [1.165, 1.54) is 0 Å². The van der Waals surface area contributed by atoms with Gasteiger partial charge in [0.05, 0.1) is 19.3 Å². The average Bonchev–Trinajstić information content (AvgIpc) is 3.08. The van der Waals surface area contributed by atoms with Crippen molar-refractivity contribution in [1.29, 1.82) is 0 Å². The van der Waals surface area contributed by atoms with Crippen molar-refractivity contribution in [1.82, 2.24) is 15.1 Å². The molecule has 2 unspecified atom stereocenters. The Morgan fingerprint density at radius 2 is 2.22 bits per heavy atom. The smallest absolute Gasteiger partial charge is 0.242 e. The first kappa shape index (κ1) is 15.7. The highest BCUT2D eigenvalue weighted by Gasteiger charge is 2.28. The molecule has 1 aliphatic heterocycles. The molecule has 3 rings (SSSR count). The number of carbonyl (C=O) groups is 1. The Bertz CT molecular complexity index is 601. The van der Waals surface area contributed by atoms with Crippen molar-refractivity contribution in [3.63, 3.8) is 0 Å². The third-order valence-corrected chi connectivity index (χ3v) is 3.82. The molecule has 6 nitrogen and oxygen atoms in total. The third-order valence-electron chi connectivity index (χ3n) is 3.82. The minimum atomic E-state index is -0.134. The number of nitrogens with zero attached hydrogens (tertiary/aromatic N) is 2. The zero-order valence-corrected chi connectivity index (χ0v) is 12.9. The van der Waals surface area contributed by atoms with Crippen molar-refractivity contribution in [3.05, 3.63) is 54.4 Å². The van der Waals surface area contributed by atoms with Gasteiger partial charge in [0, 0.05) is 19.0 Å². The molecule has 2 aromatic rings. The average molecular weight is 315 g/mol. The molecule has 6 heteroatoms. The van der Waals surface area contributed by atoms with Crippen molar-refractivity contribution in [2.75, 3.05) is 13.2 Å². The lowest BCUT2D eigenvalue weighted by atomic mass is 10.1. The van der Waals surface area contributed by atoms with Crippen molar-refractivity contribution >= 4 is 5.91 Å². The molecule has 0 bridgehead atoms. The Hall–Kier alpha value is -2.18. The first-order chi connectivity index (χ1) is 11.3. The van der Waals surface area contributed by atoms with Gasteiger partial charge in [-0.3, -0.25) is 9.48 Å². The predicted octanol–water partition coefficient (Wildman–Crippen LogP) is 1.37. The first-order valence-corrected chi connectivity index (χ1v) is 7.81. The number of rotatable bonds is 6. The van der Waals surface area contributed by atoms with Crippen LogP contribution in [-0.2, 0) is 27.4 Å². The molecule has 1 aromatic heterocycles. The van der Waals surface area contributed by atoms with Gasteiger partial charge in [-0.25, -0.2) is 0 Å². The van der Waals surface area contributed by atoms with Gasteiger partial charge < -0.3 is 14.8 Å². The summed E-state index contributed by atoms with van der Waals surface area (Å²) in [5.41, 5.74) is 1.11. The van der Waals surface area contributed by atoms with Crippen LogP contribution >= 0.6 is 0 Å². The molecule has 2 heterocycles. The van der Waals surface area contributed by atoms with Crippen LogP contribution < -0.4 is 5.32 Å². The highest BCUT2D eigenvalue weighted by Crippen LogP contribution is 2.14. The van der Waals surface area contributed by atoms with E-state index in [2.05, 4.69) is 10.4 Å². The fourth-order valence-corrected chi connectivity index (χ4v) is 2.61. The van der Waals surface area contributed by atoms with Gasteiger partial charge in [0.25, 0.3) is 0 Å². The summed E-state index contributed by atoms with van der Waals surface area (Å²) >= 11 is 0. The van der Waals surface area contributed by atoms with E-state index in [0.717, 1.165) is 12.0 Å². The molecule has 122 valence electrons. The molecular weight excluding hydrogens is 294 g/mol. The maximum absolute atomic E-state index is 12.1. The molecule has 0 aliphatic carbocycles. The van der Waals surface area contributed by atoms with Crippen LogP contribution in [0.5, 0.6) is 0 Å². The quantitative estimate of drug-likeness (QED) is 0.874. The number of hydrogen-bond acceptors (Lipinski definition) is 4. The Kier molecular flexibility index (Phi) is 5.39. The lowest BCUT2D eigenvalue weighted by Crippen LogP contribution is -2.50. The summed E-state index contributed by atoms with van der Waals surface area (Å²) in [6, 6.07) is 11.8. The van der Waals surface area contributed by atoms with E-state index < -0.39 is 0 Å². The number of benzene rings is 1. The molecule has 1 saturated heterocycles. The van der Waals surface area contributed by atoms with Crippen LogP contribution in [0, 0.1) is 0 Å². The molecule has 23 heavy (non-hydrogen) atoms. The summed E-state index contributed by atoms with van der Waals surface area (Å²) in [7, 11) is 0.